The molecule has 19 heavy (non-hydrogen) atoms. The van der Waals surface area contributed by atoms with Crippen molar-refractivity contribution in [2.24, 2.45) is 0 Å². The van der Waals surface area contributed by atoms with E-state index in [1.54, 1.807) is 11.8 Å². The number of ether oxygens (including phenoxy) is 1. The largest absolute Gasteiger partial charge is 0.383 e. The van der Waals surface area contributed by atoms with Gasteiger partial charge in [0.15, 0.2) is 15.7 Å². The third-order valence-corrected chi connectivity index (χ3v) is 5.47. The Kier molecular flexibility index (Phi) is 4.83. The predicted octanol–water partition coefficient (Wildman–Crippen LogP) is -1.01. The van der Waals surface area contributed by atoms with Crippen molar-refractivity contribution in [3.05, 3.63) is 5.82 Å². The molecule has 1 aliphatic heterocycles. The minimum absolute atomic E-state index is 0.279. The Hall–Kier alpha value is -1.06. The lowest BCUT2D eigenvalue weighted by atomic mass is 10.2. The average molecular weight is 289 g/mol. The molecule has 1 saturated heterocycles. The molecule has 0 bridgehead atoms. The number of hydrogen-bond donors (Lipinski definition) is 1. The second kappa shape index (κ2) is 6.40. The average Bonchev–Trinajstić information content (AvgIpc) is 2.93. The Labute approximate surface area is 112 Å². The minimum atomic E-state index is -2.97. The number of tetrazole rings is 1. The van der Waals surface area contributed by atoms with Gasteiger partial charge in [-0.25, -0.2) is 13.1 Å². The first-order valence-electron chi connectivity index (χ1n) is 6.30. The SMILES string of the molecule is COCCNCc1nnnn1CC1CCCS1(=O)=O. The monoisotopic (exact) mass is 289 g/mol. The number of nitrogens with one attached hydrogen (secondary N) is 1. The van der Waals surface area contributed by atoms with E-state index < -0.39 is 9.84 Å². The van der Waals surface area contributed by atoms with Gasteiger partial charge in [0.2, 0.25) is 0 Å². The Morgan fingerprint density at radius 2 is 2.37 bits per heavy atom. The predicted molar refractivity (Wildman–Crippen MR) is 68.2 cm³/mol. The van der Waals surface area contributed by atoms with E-state index in [0.717, 1.165) is 6.42 Å². The third kappa shape index (κ3) is 3.71. The van der Waals surface area contributed by atoms with E-state index in [9.17, 15) is 8.42 Å². The van der Waals surface area contributed by atoms with Crippen LogP contribution in [0.15, 0.2) is 0 Å². The van der Waals surface area contributed by atoms with Crippen LogP contribution in [0.3, 0.4) is 0 Å². The van der Waals surface area contributed by atoms with Crippen LogP contribution < -0.4 is 5.32 Å². The molecule has 2 heterocycles. The maximum Gasteiger partial charge on any atom is 0.165 e. The highest BCUT2D eigenvalue weighted by atomic mass is 32.2. The first-order chi connectivity index (χ1) is 9.13. The van der Waals surface area contributed by atoms with E-state index in [4.69, 9.17) is 4.74 Å². The number of sulfone groups is 1. The molecule has 1 atom stereocenters. The van der Waals surface area contributed by atoms with E-state index in [0.29, 0.717) is 38.5 Å². The van der Waals surface area contributed by atoms with Crippen molar-refractivity contribution in [2.75, 3.05) is 26.0 Å². The zero-order valence-electron chi connectivity index (χ0n) is 10.9. The van der Waals surface area contributed by atoms with Crippen LogP contribution in [0.2, 0.25) is 0 Å². The summed E-state index contributed by atoms with van der Waals surface area (Å²) < 4.78 is 30.1. The van der Waals surface area contributed by atoms with E-state index >= 15 is 0 Å². The molecule has 1 aliphatic rings. The first kappa shape index (κ1) is 14.4. The van der Waals surface area contributed by atoms with Gasteiger partial charge in [-0.3, -0.25) is 0 Å². The molecular formula is C10H19N5O3S. The first-order valence-corrected chi connectivity index (χ1v) is 8.01. The molecule has 1 fully saturated rings. The molecule has 108 valence electrons. The van der Waals surface area contributed by atoms with Crippen LogP contribution in [0, 0.1) is 0 Å². The lowest BCUT2D eigenvalue weighted by Crippen LogP contribution is -2.26. The molecule has 0 spiro atoms. The van der Waals surface area contributed by atoms with Crippen LogP contribution in [0.4, 0.5) is 0 Å². The van der Waals surface area contributed by atoms with Crippen LogP contribution in [-0.2, 0) is 27.7 Å². The van der Waals surface area contributed by atoms with Gasteiger partial charge in [0.25, 0.3) is 0 Å². The highest BCUT2D eigenvalue weighted by molar-refractivity contribution is 7.92. The number of hydrogen-bond acceptors (Lipinski definition) is 7. The van der Waals surface area contributed by atoms with Crippen LogP contribution in [0.1, 0.15) is 18.7 Å². The summed E-state index contributed by atoms with van der Waals surface area (Å²) in [5.41, 5.74) is 0. The van der Waals surface area contributed by atoms with Gasteiger partial charge in [0.1, 0.15) is 0 Å². The quantitative estimate of drug-likeness (QED) is 0.642. The summed E-state index contributed by atoms with van der Waals surface area (Å²) >= 11 is 0. The van der Waals surface area contributed by atoms with Crippen molar-refractivity contribution >= 4 is 9.84 Å². The molecule has 0 amide bonds. The Morgan fingerprint density at radius 3 is 3.05 bits per heavy atom. The summed E-state index contributed by atoms with van der Waals surface area (Å²) in [5, 5.41) is 14.2. The second-order valence-electron chi connectivity index (χ2n) is 4.58. The molecule has 1 aromatic heterocycles. The van der Waals surface area contributed by atoms with Gasteiger partial charge in [-0.2, -0.15) is 0 Å². The van der Waals surface area contributed by atoms with Gasteiger partial charge in [0, 0.05) is 13.7 Å². The summed E-state index contributed by atoms with van der Waals surface area (Å²) in [4.78, 5) is 0. The Balaban J connectivity index is 1.92. The summed E-state index contributed by atoms with van der Waals surface area (Å²) in [7, 11) is -1.33. The Morgan fingerprint density at radius 1 is 1.53 bits per heavy atom. The maximum absolute atomic E-state index is 11.8. The van der Waals surface area contributed by atoms with E-state index in [-0.39, 0.29) is 11.0 Å². The van der Waals surface area contributed by atoms with Crippen molar-refractivity contribution in [1.29, 1.82) is 0 Å². The summed E-state index contributed by atoms with van der Waals surface area (Å²) in [6.45, 7) is 2.16. The molecule has 1 aromatic rings. The topological polar surface area (TPSA) is 99.0 Å². The van der Waals surface area contributed by atoms with Crippen molar-refractivity contribution in [3.63, 3.8) is 0 Å². The van der Waals surface area contributed by atoms with Gasteiger partial charge in [-0.15, -0.1) is 5.10 Å². The fourth-order valence-corrected chi connectivity index (χ4v) is 3.92. The van der Waals surface area contributed by atoms with Crippen LogP contribution in [-0.4, -0.2) is 59.9 Å². The molecule has 0 aromatic carbocycles. The molecule has 0 radical (unpaired) electrons. The lowest BCUT2D eigenvalue weighted by molar-refractivity contribution is 0.198. The van der Waals surface area contributed by atoms with Gasteiger partial charge in [0.05, 0.1) is 30.7 Å². The zero-order chi connectivity index (χ0) is 13.7. The van der Waals surface area contributed by atoms with Gasteiger partial charge in [-0.1, -0.05) is 0 Å². The number of nitrogens with zero attached hydrogens (tertiary/aromatic N) is 4. The minimum Gasteiger partial charge on any atom is -0.383 e. The van der Waals surface area contributed by atoms with Gasteiger partial charge >= 0.3 is 0 Å². The Bertz CT molecular complexity index is 501. The molecule has 1 N–H and O–H groups in total. The van der Waals surface area contributed by atoms with E-state index in [2.05, 4.69) is 20.8 Å². The molecule has 0 saturated carbocycles. The van der Waals surface area contributed by atoms with Crippen LogP contribution in [0.5, 0.6) is 0 Å². The highest BCUT2D eigenvalue weighted by Crippen LogP contribution is 2.21. The van der Waals surface area contributed by atoms with E-state index in [1.165, 1.54) is 0 Å². The number of rotatable bonds is 7. The van der Waals surface area contributed by atoms with Crippen molar-refractivity contribution < 1.29 is 13.2 Å². The molecule has 2 rings (SSSR count). The van der Waals surface area contributed by atoms with Crippen molar-refractivity contribution in [1.82, 2.24) is 25.5 Å². The summed E-state index contributed by atoms with van der Waals surface area (Å²) in [5.74, 6) is 0.930. The summed E-state index contributed by atoms with van der Waals surface area (Å²) in [6.07, 6.45) is 1.43. The van der Waals surface area contributed by atoms with Gasteiger partial charge in [-0.05, 0) is 23.3 Å². The smallest absolute Gasteiger partial charge is 0.165 e. The third-order valence-electron chi connectivity index (χ3n) is 3.21. The van der Waals surface area contributed by atoms with Crippen LogP contribution >= 0.6 is 0 Å². The molecule has 0 aliphatic carbocycles. The molecule has 1 unspecified atom stereocenters. The molecule has 8 nitrogen and oxygen atoms in total. The number of aromatic nitrogens is 4. The molecule has 9 heteroatoms. The van der Waals surface area contributed by atoms with Gasteiger partial charge < -0.3 is 10.1 Å². The number of methoxy groups -OCH3 is 1. The normalized spacial score (nSPS) is 21.8. The highest BCUT2D eigenvalue weighted by Gasteiger charge is 2.32. The second-order valence-corrected chi connectivity index (χ2v) is 6.98. The van der Waals surface area contributed by atoms with Crippen molar-refractivity contribution in [2.45, 2.75) is 31.2 Å². The fourth-order valence-electron chi connectivity index (χ4n) is 2.12. The standard InChI is InChI=1S/C10H19N5O3S/c1-18-5-4-11-7-10-12-13-14-15(10)8-9-3-2-6-19(9,16)17/h9,11H,2-8H2,1H3. The van der Waals surface area contributed by atoms with Crippen LogP contribution in [0.25, 0.3) is 0 Å². The zero-order valence-corrected chi connectivity index (χ0v) is 11.8. The fraction of sp³-hybridized carbons (Fsp3) is 0.900. The molecular weight excluding hydrogens is 270 g/mol. The van der Waals surface area contributed by atoms with Crippen molar-refractivity contribution in [3.8, 4) is 0 Å². The lowest BCUT2D eigenvalue weighted by Gasteiger charge is -2.10. The van der Waals surface area contributed by atoms with E-state index in [1.807, 2.05) is 0 Å². The summed E-state index contributed by atoms with van der Waals surface area (Å²) in [6, 6.07) is 0. The maximum atomic E-state index is 11.8.